The van der Waals surface area contributed by atoms with Crippen molar-refractivity contribution in [3.8, 4) is 0 Å². The number of aromatic nitrogens is 2. The lowest BCUT2D eigenvalue weighted by Crippen LogP contribution is -2.52. The summed E-state index contributed by atoms with van der Waals surface area (Å²) in [7, 11) is 0. The molecule has 3 heterocycles. The first kappa shape index (κ1) is 21.9. The molecular weight excluding hydrogens is 410 g/mol. The second-order valence-corrected chi connectivity index (χ2v) is 9.28. The minimum atomic E-state index is -0.234. The van der Waals surface area contributed by atoms with Crippen LogP contribution in [0, 0.1) is 0 Å². The van der Waals surface area contributed by atoms with Gasteiger partial charge in [0.15, 0.2) is 5.13 Å². The van der Waals surface area contributed by atoms with Gasteiger partial charge in [-0.2, -0.15) is 0 Å². The molecule has 2 fully saturated rings. The number of nitrogens with zero attached hydrogens (tertiary/aromatic N) is 5. The third-order valence-corrected chi connectivity index (χ3v) is 7.22. The van der Waals surface area contributed by atoms with Gasteiger partial charge in [-0.15, -0.1) is 11.3 Å². The average Bonchev–Trinajstić information content (AvgIpc) is 3.23. The fraction of sp³-hybridized carbons (Fsp3) is 0.565. The van der Waals surface area contributed by atoms with Gasteiger partial charge in [-0.3, -0.25) is 24.4 Å². The van der Waals surface area contributed by atoms with Gasteiger partial charge in [0, 0.05) is 61.8 Å². The summed E-state index contributed by atoms with van der Waals surface area (Å²) in [5.74, 6) is 0.172. The second kappa shape index (κ2) is 10.3. The van der Waals surface area contributed by atoms with Crippen molar-refractivity contribution in [2.24, 2.45) is 0 Å². The van der Waals surface area contributed by atoms with E-state index in [1.165, 1.54) is 19.3 Å². The van der Waals surface area contributed by atoms with Crippen LogP contribution >= 0.6 is 11.3 Å². The number of hydrogen-bond acceptors (Lipinski definition) is 6. The topological polar surface area (TPSA) is 69.6 Å². The van der Waals surface area contributed by atoms with E-state index >= 15 is 0 Å². The van der Waals surface area contributed by atoms with Crippen molar-refractivity contribution < 1.29 is 9.59 Å². The molecule has 2 aromatic heterocycles. The summed E-state index contributed by atoms with van der Waals surface area (Å²) in [6.45, 7) is 4.84. The molecule has 2 amide bonds. The summed E-state index contributed by atoms with van der Waals surface area (Å²) < 4.78 is 0. The first-order chi connectivity index (χ1) is 15.1. The first-order valence-corrected chi connectivity index (χ1v) is 12.2. The molecule has 0 radical (unpaired) electrons. The summed E-state index contributed by atoms with van der Waals surface area (Å²) in [4.78, 5) is 41.0. The molecule has 0 spiro atoms. The predicted molar refractivity (Wildman–Crippen MR) is 122 cm³/mol. The zero-order valence-electron chi connectivity index (χ0n) is 18.2. The minimum Gasteiger partial charge on any atom is -0.337 e. The van der Waals surface area contributed by atoms with E-state index in [2.05, 4.69) is 14.9 Å². The molecule has 1 saturated heterocycles. The average molecular weight is 442 g/mol. The van der Waals surface area contributed by atoms with Crippen LogP contribution in [0.15, 0.2) is 36.1 Å². The number of pyridine rings is 1. The molecule has 1 aliphatic carbocycles. The highest BCUT2D eigenvalue weighted by Gasteiger charge is 2.34. The molecule has 166 valence electrons. The van der Waals surface area contributed by atoms with Crippen LogP contribution in [0.4, 0.5) is 5.13 Å². The fourth-order valence-corrected chi connectivity index (χ4v) is 5.38. The number of thiazole rings is 1. The molecule has 31 heavy (non-hydrogen) atoms. The Morgan fingerprint density at radius 2 is 1.81 bits per heavy atom. The molecular formula is C23H31N5O2S. The molecule has 1 unspecified atom stereocenters. The lowest BCUT2D eigenvalue weighted by Gasteiger charge is -2.37. The van der Waals surface area contributed by atoms with Crippen LogP contribution in [0.3, 0.4) is 0 Å². The number of carbonyl (C=O) groups is 2. The Bertz CT molecular complexity index is 854. The summed E-state index contributed by atoms with van der Waals surface area (Å²) in [5.41, 5.74) is 0.666. The monoisotopic (exact) mass is 441 g/mol. The molecule has 0 aromatic carbocycles. The van der Waals surface area contributed by atoms with Gasteiger partial charge in [0.05, 0.1) is 6.04 Å². The normalized spacial score (nSPS) is 19.6. The Balaban J connectivity index is 1.43. The molecule has 8 heteroatoms. The van der Waals surface area contributed by atoms with Crippen LogP contribution in [0.5, 0.6) is 0 Å². The third kappa shape index (κ3) is 5.13. The minimum absolute atomic E-state index is 0.0369. The number of anilines is 1. The molecule has 0 bridgehead atoms. The predicted octanol–water partition coefficient (Wildman–Crippen LogP) is 3.44. The summed E-state index contributed by atoms with van der Waals surface area (Å²) >= 11 is 1.54. The van der Waals surface area contributed by atoms with Crippen molar-refractivity contribution in [1.29, 1.82) is 0 Å². The Morgan fingerprint density at radius 3 is 2.52 bits per heavy atom. The van der Waals surface area contributed by atoms with E-state index in [9.17, 15) is 9.59 Å². The maximum atomic E-state index is 13.7. The first-order valence-electron chi connectivity index (χ1n) is 11.3. The smallest absolute Gasteiger partial charge is 0.254 e. The quantitative estimate of drug-likeness (QED) is 0.711. The van der Waals surface area contributed by atoms with Crippen LogP contribution in [-0.4, -0.2) is 69.8 Å². The molecule has 1 atom stereocenters. The van der Waals surface area contributed by atoms with E-state index in [1.54, 1.807) is 42.1 Å². The van der Waals surface area contributed by atoms with E-state index in [-0.39, 0.29) is 23.9 Å². The molecule has 1 aliphatic heterocycles. The Hall–Kier alpha value is -2.32. The van der Waals surface area contributed by atoms with Crippen LogP contribution in [0.2, 0.25) is 0 Å². The largest absolute Gasteiger partial charge is 0.337 e. The van der Waals surface area contributed by atoms with Crippen molar-refractivity contribution in [1.82, 2.24) is 19.8 Å². The number of hydrogen-bond donors (Lipinski definition) is 0. The SMILES string of the molecule is CC(C(=O)N(c1nccs1)C1CCCCC1)N1CCCN(C(=O)c2ccncc2)CC1. The highest BCUT2D eigenvalue weighted by molar-refractivity contribution is 7.13. The maximum absolute atomic E-state index is 13.7. The van der Waals surface area contributed by atoms with Gasteiger partial charge < -0.3 is 4.90 Å². The van der Waals surface area contributed by atoms with Crippen LogP contribution in [0.25, 0.3) is 0 Å². The van der Waals surface area contributed by atoms with Gasteiger partial charge in [0.2, 0.25) is 5.91 Å². The van der Waals surface area contributed by atoms with Crippen molar-refractivity contribution in [3.63, 3.8) is 0 Å². The zero-order chi connectivity index (χ0) is 21.6. The van der Waals surface area contributed by atoms with Gasteiger partial charge in [0.1, 0.15) is 0 Å². The Kier molecular flexibility index (Phi) is 7.29. The molecule has 2 aliphatic rings. The summed E-state index contributed by atoms with van der Waals surface area (Å²) in [6, 6.07) is 3.52. The fourth-order valence-electron chi connectivity index (χ4n) is 4.67. The highest BCUT2D eigenvalue weighted by Crippen LogP contribution is 2.30. The number of amides is 2. The van der Waals surface area contributed by atoms with Crippen LogP contribution < -0.4 is 4.90 Å². The van der Waals surface area contributed by atoms with Crippen molar-refractivity contribution in [3.05, 3.63) is 41.7 Å². The Morgan fingerprint density at radius 1 is 1.03 bits per heavy atom. The number of rotatable bonds is 5. The van der Waals surface area contributed by atoms with Crippen molar-refractivity contribution in [2.75, 3.05) is 31.1 Å². The van der Waals surface area contributed by atoms with Gasteiger partial charge in [-0.05, 0) is 38.3 Å². The highest BCUT2D eigenvalue weighted by atomic mass is 32.1. The molecule has 7 nitrogen and oxygen atoms in total. The Labute approximate surface area is 188 Å². The van der Waals surface area contributed by atoms with E-state index in [0.29, 0.717) is 25.2 Å². The standard InChI is InChI=1S/C23H31N5O2S/c1-18(21(29)28(23-25-12-17-31-23)20-6-3-2-4-7-20)26-13-5-14-27(16-15-26)22(30)19-8-10-24-11-9-19/h8-12,17-18,20H,2-7,13-16H2,1H3. The van der Waals surface area contributed by atoms with Gasteiger partial charge in [0.25, 0.3) is 5.91 Å². The van der Waals surface area contributed by atoms with E-state index in [4.69, 9.17) is 0 Å². The molecule has 2 aromatic rings. The van der Waals surface area contributed by atoms with Gasteiger partial charge >= 0.3 is 0 Å². The van der Waals surface area contributed by atoms with E-state index in [1.807, 2.05) is 22.1 Å². The second-order valence-electron chi connectivity index (χ2n) is 8.41. The lowest BCUT2D eigenvalue weighted by molar-refractivity contribution is -0.123. The molecule has 4 rings (SSSR count). The van der Waals surface area contributed by atoms with Crippen LogP contribution in [-0.2, 0) is 4.79 Å². The third-order valence-electron chi connectivity index (χ3n) is 6.45. The van der Waals surface area contributed by atoms with E-state index in [0.717, 1.165) is 30.9 Å². The maximum Gasteiger partial charge on any atom is 0.254 e. The zero-order valence-corrected chi connectivity index (χ0v) is 19.0. The summed E-state index contributed by atoms with van der Waals surface area (Å²) in [5, 5.41) is 2.76. The van der Waals surface area contributed by atoms with E-state index < -0.39 is 0 Å². The van der Waals surface area contributed by atoms with Gasteiger partial charge in [-0.1, -0.05) is 19.3 Å². The van der Waals surface area contributed by atoms with Crippen molar-refractivity contribution >= 4 is 28.3 Å². The summed E-state index contributed by atoms with van der Waals surface area (Å²) in [6.07, 6.45) is 11.6. The number of carbonyl (C=O) groups excluding carboxylic acids is 2. The van der Waals surface area contributed by atoms with Crippen molar-refractivity contribution in [2.45, 2.75) is 57.5 Å². The molecule has 0 N–H and O–H groups in total. The molecule has 1 saturated carbocycles. The van der Waals surface area contributed by atoms with Gasteiger partial charge in [-0.25, -0.2) is 4.98 Å². The van der Waals surface area contributed by atoms with Crippen LogP contribution in [0.1, 0.15) is 55.8 Å². The lowest BCUT2D eigenvalue weighted by atomic mass is 9.94.